The number of piperazine rings is 1. The van der Waals surface area contributed by atoms with Gasteiger partial charge in [-0.1, -0.05) is 6.08 Å². The molecular weight excluding hydrogens is 256 g/mol. The first-order valence-corrected chi connectivity index (χ1v) is 6.51. The molecule has 1 aromatic heterocycles. The molecule has 0 atom stereocenters. The summed E-state index contributed by atoms with van der Waals surface area (Å²) in [5.41, 5.74) is 0.839. The van der Waals surface area contributed by atoms with Crippen LogP contribution in [0.2, 0.25) is 0 Å². The SMILES string of the molecule is C=CCNC(=NC)N1CCN(c2cnn(C)c2)C(=O)C1. The van der Waals surface area contributed by atoms with Crippen LogP contribution in [0.25, 0.3) is 0 Å². The molecule has 0 saturated carbocycles. The average molecular weight is 276 g/mol. The van der Waals surface area contributed by atoms with Gasteiger partial charge in [-0.2, -0.15) is 5.10 Å². The summed E-state index contributed by atoms with van der Waals surface area (Å²) in [6.45, 7) is 5.96. The van der Waals surface area contributed by atoms with Crippen LogP contribution in [0.15, 0.2) is 30.0 Å². The van der Waals surface area contributed by atoms with Crippen molar-refractivity contribution in [3.05, 3.63) is 25.0 Å². The van der Waals surface area contributed by atoms with Gasteiger partial charge in [-0.3, -0.25) is 14.5 Å². The Bertz CT molecular complexity index is 521. The zero-order valence-electron chi connectivity index (χ0n) is 11.9. The van der Waals surface area contributed by atoms with Crippen LogP contribution >= 0.6 is 0 Å². The molecule has 0 spiro atoms. The molecule has 2 heterocycles. The zero-order chi connectivity index (χ0) is 14.5. The number of nitrogens with one attached hydrogen (secondary N) is 1. The standard InChI is InChI=1S/C13H20N6O/c1-4-5-15-13(14-2)18-6-7-19(12(20)10-18)11-8-16-17(3)9-11/h4,8-9H,1,5-7,10H2,2-3H3,(H,14,15). The highest BCUT2D eigenvalue weighted by Gasteiger charge is 2.27. The highest BCUT2D eigenvalue weighted by Crippen LogP contribution is 2.15. The molecule has 1 saturated heterocycles. The van der Waals surface area contributed by atoms with Crippen molar-refractivity contribution in [2.75, 3.05) is 38.1 Å². The molecule has 0 unspecified atom stereocenters. The number of guanidine groups is 1. The van der Waals surface area contributed by atoms with E-state index in [1.807, 2.05) is 18.1 Å². The van der Waals surface area contributed by atoms with E-state index in [0.717, 1.165) is 18.2 Å². The Labute approximate surface area is 118 Å². The summed E-state index contributed by atoms with van der Waals surface area (Å²) in [5.74, 6) is 0.773. The molecule has 1 aromatic rings. The topological polar surface area (TPSA) is 65.8 Å². The minimum absolute atomic E-state index is 0.0470. The van der Waals surface area contributed by atoms with E-state index in [0.29, 0.717) is 19.6 Å². The first-order valence-electron chi connectivity index (χ1n) is 6.51. The maximum Gasteiger partial charge on any atom is 0.246 e. The maximum absolute atomic E-state index is 12.3. The molecule has 1 N–H and O–H groups in total. The minimum atomic E-state index is 0.0470. The summed E-state index contributed by atoms with van der Waals surface area (Å²) in [4.78, 5) is 20.1. The molecule has 7 nitrogen and oxygen atoms in total. The number of amides is 1. The molecular formula is C13H20N6O. The van der Waals surface area contributed by atoms with Crippen LogP contribution in [0.3, 0.4) is 0 Å². The van der Waals surface area contributed by atoms with Gasteiger partial charge in [0.05, 0.1) is 11.9 Å². The van der Waals surface area contributed by atoms with Crippen molar-refractivity contribution in [1.82, 2.24) is 20.0 Å². The molecule has 1 aliphatic rings. The summed E-state index contributed by atoms with van der Waals surface area (Å²) in [5, 5.41) is 7.24. The van der Waals surface area contributed by atoms with Crippen molar-refractivity contribution in [3.8, 4) is 0 Å². The van der Waals surface area contributed by atoms with Gasteiger partial charge in [0.15, 0.2) is 5.96 Å². The molecule has 0 bridgehead atoms. The number of carbonyl (C=O) groups excluding carboxylic acids is 1. The lowest BCUT2D eigenvalue weighted by atomic mass is 10.3. The third kappa shape index (κ3) is 2.98. The van der Waals surface area contributed by atoms with E-state index in [-0.39, 0.29) is 5.91 Å². The van der Waals surface area contributed by atoms with Crippen molar-refractivity contribution in [3.63, 3.8) is 0 Å². The van der Waals surface area contributed by atoms with Crippen molar-refractivity contribution in [2.24, 2.45) is 12.0 Å². The van der Waals surface area contributed by atoms with Crippen LogP contribution in [-0.4, -0.2) is 59.8 Å². The monoisotopic (exact) mass is 276 g/mol. The fourth-order valence-corrected chi connectivity index (χ4v) is 2.17. The van der Waals surface area contributed by atoms with E-state index in [1.54, 1.807) is 28.9 Å². The molecule has 1 amide bonds. The molecule has 108 valence electrons. The largest absolute Gasteiger partial charge is 0.353 e. The van der Waals surface area contributed by atoms with Gasteiger partial charge in [-0.05, 0) is 0 Å². The van der Waals surface area contributed by atoms with Gasteiger partial charge in [0.1, 0.15) is 6.54 Å². The van der Waals surface area contributed by atoms with Crippen LogP contribution in [0.1, 0.15) is 0 Å². The number of hydrogen-bond donors (Lipinski definition) is 1. The highest BCUT2D eigenvalue weighted by atomic mass is 16.2. The Morgan fingerprint density at radius 3 is 2.95 bits per heavy atom. The van der Waals surface area contributed by atoms with E-state index >= 15 is 0 Å². The fraction of sp³-hybridized carbons (Fsp3) is 0.462. The van der Waals surface area contributed by atoms with Crippen LogP contribution in [0.5, 0.6) is 0 Å². The molecule has 20 heavy (non-hydrogen) atoms. The quantitative estimate of drug-likeness (QED) is 0.473. The fourth-order valence-electron chi connectivity index (χ4n) is 2.17. The van der Waals surface area contributed by atoms with Gasteiger partial charge in [-0.25, -0.2) is 0 Å². The number of anilines is 1. The smallest absolute Gasteiger partial charge is 0.246 e. The molecule has 7 heteroatoms. The number of hydrogen-bond acceptors (Lipinski definition) is 3. The van der Waals surface area contributed by atoms with Crippen LogP contribution in [0, 0.1) is 0 Å². The second kappa shape index (κ2) is 6.23. The molecule has 0 aliphatic carbocycles. The third-order valence-corrected chi connectivity index (χ3v) is 3.14. The normalized spacial score (nSPS) is 16.5. The lowest BCUT2D eigenvalue weighted by Crippen LogP contribution is -2.55. The van der Waals surface area contributed by atoms with Crippen LogP contribution < -0.4 is 10.2 Å². The second-order valence-corrected chi connectivity index (χ2v) is 4.56. The van der Waals surface area contributed by atoms with Gasteiger partial charge >= 0.3 is 0 Å². The van der Waals surface area contributed by atoms with Crippen molar-refractivity contribution in [2.45, 2.75) is 0 Å². The Morgan fingerprint density at radius 1 is 1.60 bits per heavy atom. The van der Waals surface area contributed by atoms with Gasteiger partial charge < -0.3 is 15.1 Å². The number of aryl methyl sites for hydroxylation is 1. The number of rotatable bonds is 3. The van der Waals surface area contributed by atoms with E-state index in [1.165, 1.54) is 0 Å². The minimum Gasteiger partial charge on any atom is -0.353 e. The van der Waals surface area contributed by atoms with Gasteiger partial charge in [0.2, 0.25) is 5.91 Å². The third-order valence-electron chi connectivity index (χ3n) is 3.14. The number of carbonyl (C=O) groups is 1. The van der Waals surface area contributed by atoms with Gasteiger partial charge in [0.25, 0.3) is 0 Å². The van der Waals surface area contributed by atoms with Crippen molar-refractivity contribution >= 4 is 17.6 Å². The zero-order valence-corrected chi connectivity index (χ0v) is 11.9. The Balaban J connectivity index is 2.01. The van der Waals surface area contributed by atoms with Crippen LogP contribution in [0.4, 0.5) is 5.69 Å². The molecule has 2 rings (SSSR count). The number of aliphatic imine (C=N–C) groups is 1. The van der Waals surface area contributed by atoms with Gasteiger partial charge in [0, 0.05) is 39.9 Å². The van der Waals surface area contributed by atoms with E-state index in [4.69, 9.17) is 0 Å². The van der Waals surface area contributed by atoms with Crippen LogP contribution in [-0.2, 0) is 11.8 Å². The van der Waals surface area contributed by atoms with Gasteiger partial charge in [-0.15, -0.1) is 6.58 Å². The summed E-state index contributed by atoms with van der Waals surface area (Å²) in [7, 11) is 3.55. The summed E-state index contributed by atoms with van der Waals surface area (Å²) in [6.07, 6.45) is 5.32. The summed E-state index contributed by atoms with van der Waals surface area (Å²) in [6, 6.07) is 0. The average Bonchev–Trinajstić information content (AvgIpc) is 2.86. The summed E-state index contributed by atoms with van der Waals surface area (Å²) >= 11 is 0. The van der Waals surface area contributed by atoms with Crippen molar-refractivity contribution < 1.29 is 4.79 Å². The first-order chi connectivity index (χ1) is 9.65. The predicted molar refractivity (Wildman–Crippen MR) is 78.7 cm³/mol. The Hall–Kier alpha value is -2.31. The van der Waals surface area contributed by atoms with E-state index < -0.39 is 0 Å². The van der Waals surface area contributed by atoms with E-state index in [2.05, 4.69) is 22.0 Å². The van der Waals surface area contributed by atoms with E-state index in [9.17, 15) is 4.79 Å². The number of aromatic nitrogens is 2. The number of nitrogens with zero attached hydrogens (tertiary/aromatic N) is 5. The molecule has 0 aromatic carbocycles. The molecule has 0 radical (unpaired) electrons. The Kier molecular flexibility index (Phi) is 4.39. The summed E-state index contributed by atoms with van der Waals surface area (Å²) < 4.78 is 1.69. The first kappa shape index (κ1) is 14.1. The molecule has 1 aliphatic heterocycles. The second-order valence-electron chi connectivity index (χ2n) is 4.56. The Morgan fingerprint density at radius 2 is 2.40 bits per heavy atom. The highest BCUT2D eigenvalue weighted by molar-refractivity contribution is 5.98. The lowest BCUT2D eigenvalue weighted by molar-refractivity contribution is -0.120. The lowest BCUT2D eigenvalue weighted by Gasteiger charge is -2.35. The van der Waals surface area contributed by atoms with Crippen molar-refractivity contribution in [1.29, 1.82) is 0 Å². The molecule has 1 fully saturated rings. The predicted octanol–water partition coefficient (Wildman–Crippen LogP) is -0.170. The maximum atomic E-state index is 12.3.